The van der Waals surface area contributed by atoms with Crippen molar-refractivity contribution in [2.24, 2.45) is 0 Å². The predicted octanol–water partition coefficient (Wildman–Crippen LogP) is 2.70. The van der Waals surface area contributed by atoms with Gasteiger partial charge in [-0.05, 0) is 17.4 Å². The molecule has 5 nitrogen and oxygen atoms in total. The van der Waals surface area contributed by atoms with Gasteiger partial charge >= 0.3 is 0 Å². The van der Waals surface area contributed by atoms with Crippen LogP contribution in [0.4, 0.5) is 5.69 Å². The van der Waals surface area contributed by atoms with Gasteiger partial charge in [0, 0.05) is 32.5 Å². The van der Waals surface area contributed by atoms with E-state index >= 15 is 0 Å². The van der Waals surface area contributed by atoms with Gasteiger partial charge in [-0.2, -0.15) is 0 Å². The minimum atomic E-state index is -2.28. The van der Waals surface area contributed by atoms with Crippen molar-refractivity contribution in [1.82, 2.24) is 0 Å². The molecule has 0 heterocycles. The summed E-state index contributed by atoms with van der Waals surface area (Å²) in [5.41, 5.74) is 0.935. The fourth-order valence-corrected chi connectivity index (χ4v) is 2.66. The molecule has 0 unspecified atom stereocenters. The third-order valence-corrected chi connectivity index (χ3v) is 5.23. The zero-order chi connectivity index (χ0) is 12.2. The topological polar surface area (TPSA) is 61.6 Å². The third-order valence-electron chi connectivity index (χ3n) is 2.08. The second kappa shape index (κ2) is 5.50. The molecule has 16 heavy (non-hydrogen) atoms. The van der Waals surface area contributed by atoms with E-state index in [1.807, 2.05) is 0 Å². The Morgan fingerprint density at radius 3 is 2.19 bits per heavy atom. The maximum absolute atomic E-state index is 10.5. The van der Waals surface area contributed by atoms with E-state index in [1.54, 1.807) is 12.1 Å². The van der Waals surface area contributed by atoms with Crippen LogP contribution in [0.15, 0.2) is 24.3 Å². The Bertz CT molecular complexity index is 412. The van der Waals surface area contributed by atoms with E-state index < -0.39 is 11.4 Å². The van der Waals surface area contributed by atoms with Gasteiger partial charge < -0.3 is 9.05 Å². The lowest BCUT2D eigenvalue weighted by molar-refractivity contribution is -0.384. The highest BCUT2D eigenvalue weighted by Gasteiger charge is 2.16. The number of hydrogen-bond donors (Lipinski definition) is 0. The summed E-state index contributed by atoms with van der Waals surface area (Å²) in [4.78, 5) is 10.0. The van der Waals surface area contributed by atoms with Crippen molar-refractivity contribution in [2.75, 3.05) is 14.2 Å². The van der Waals surface area contributed by atoms with E-state index in [1.165, 1.54) is 26.4 Å². The van der Waals surface area contributed by atoms with Gasteiger partial charge in [-0.3, -0.25) is 10.1 Å². The van der Waals surface area contributed by atoms with E-state index in [4.69, 9.17) is 20.9 Å². The molecule has 1 rings (SSSR count). The predicted molar refractivity (Wildman–Crippen MR) is 65.1 cm³/mol. The molecule has 0 fully saturated rings. The zero-order valence-corrected chi connectivity index (χ0v) is 10.7. The zero-order valence-electron chi connectivity index (χ0n) is 8.95. The lowest BCUT2D eigenvalue weighted by atomic mass is 10.2. The Morgan fingerprint density at radius 2 is 1.81 bits per heavy atom. The van der Waals surface area contributed by atoms with Crippen molar-refractivity contribution in [2.45, 2.75) is 6.16 Å². The maximum atomic E-state index is 10.5. The van der Waals surface area contributed by atoms with Crippen LogP contribution in [0.25, 0.3) is 0 Å². The summed E-state index contributed by atoms with van der Waals surface area (Å²) in [6.07, 6.45) is 0.466. The Kier molecular flexibility index (Phi) is 4.56. The van der Waals surface area contributed by atoms with Crippen molar-refractivity contribution in [1.29, 1.82) is 0 Å². The van der Waals surface area contributed by atoms with Crippen molar-refractivity contribution in [3.8, 4) is 0 Å². The molecule has 0 radical (unpaired) electrons. The molecule has 0 amide bonds. The van der Waals surface area contributed by atoms with Crippen LogP contribution in [0.5, 0.6) is 0 Å². The van der Waals surface area contributed by atoms with Crippen molar-refractivity contribution >= 4 is 24.0 Å². The number of nitrogens with zero attached hydrogens (tertiary/aromatic N) is 1. The Hall–Kier alpha value is -0.810. The van der Waals surface area contributed by atoms with Crippen LogP contribution in [-0.4, -0.2) is 19.1 Å². The third kappa shape index (κ3) is 3.35. The molecule has 1 aromatic rings. The summed E-state index contributed by atoms with van der Waals surface area (Å²) in [5.74, 6) is 0. The molecule has 88 valence electrons. The second-order valence-corrected chi connectivity index (χ2v) is 7.00. The van der Waals surface area contributed by atoms with E-state index in [9.17, 15) is 10.1 Å². The molecule has 0 aliphatic heterocycles. The molecule has 7 heteroatoms. The Labute approximate surface area is 98.7 Å². The van der Waals surface area contributed by atoms with Crippen LogP contribution in [0.3, 0.4) is 0 Å². The molecular weight excluding hydrogens is 249 g/mol. The number of rotatable bonds is 5. The molecule has 0 atom stereocenters. The summed E-state index contributed by atoms with van der Waals surface area (Å²) < 4.78 is 10.3. The van der Waals surface area contributed by atoms with Crippen LogP contribution in [0.1, 0.15) is 5.56 Å². The fraction of sp³-hybridized carbons (Fsp3) is 0.333. The molecular formula is C9H12NO4PS. The number of non-ortho nitro benzene ring substituents is 1. The molecule has 1 aromatic carbocycles. The normalized spacial score (nSPS) is 11.4. The van der Waals surface area contributed by atoms with Gasteiger partial charge in [-0.25, -0.2) is 0 Å². The van der Waals surface area contributed by atoms with Crippen LogP contribution in [0, 0.1) is 10.1 Å². The molecule has 0 saturated carbocycles. The van der Waals surface area contributed by atoms with Crippen molar-refractivity contribution in [3.63, 3.8) is 0 Å². The van der Waals surface area contributed by atoms with Gasteiger partial charge in [-0.15, -0.1) is 0 Å². The van der Waals surface area contributed by atoms with Gasteiger partial charge in [0.2, 0.25) is 0 Å². The quantitative estimate of drug-likeness (QED) is 0.463. The van der Waals surface area contributed by atoms with E-state index in [2.05, 4.69) is 0 Å². The van der Waals surface area contributed by atoms with Crippen molar-refractivity contribution in [3.05, 3.63) is 39.9 Å². The lowest BCUT2D eigenvalue weighted by Crippen LogP contribution is -1.94. The summed E-state index contributed by atoms with van der Waals surface area (Å²) in [7, 11) is 3.02. The van der Waals surface area contributed by atoms with Crippen LogP contribution >= 0.6 is 6.49 Å². The van der Waals surface area contributed by atoms with E-state index in [0.717, 1.165) is 5.56 Å². The van der Waals surface area contributed by atoms with Crippen LogP contribution < -0.4 is 0 Å². The number of benzene rings is 1. The second-order valence-electron chi connectivity index (χ2n) is 3.06. The van der Waals surface area contributed by atoms with Gasteiger partial charge in [-0.1, -0.05) is 12.1 Å². The monoisotopic (exact) mass is 261 g/mol. The van der Waals surface area contributed by atoms with Gasteiger partial charge in [0.05, 0.1) is 4.92 Å². The standard InChI is InChI=1S/C9H12NO4PS/c1-13-15(16,14-2)7-8-3-5-9(6-4-8)10(11)12/h3-6H,7H2,1-2H3. The highest BCUT2D eigenvalue weighted by molar-refractivity contribution is 8.09. The molecule has 0 spiro atoms. The molecule has 0 saturated heterocycles. The summed E-state index contributed by atoms with van der Waals surface area (Å²) in [6.45, 7) is -2.28. The average molecular weight is 261 g/mol. The first-order valence-electron chi connectivity index (χ1n) is 4.44. The van der Waals surface area contributed by atoms with Gasteiger partial charge in [0.15, 0.2) is 6.49 Å². The van der Waals surface area contributed by atoms with Crippen LogP contribution in [0.2, 0.25) is 0 Å². The molecule has 0 N–H and O–H groups in total. The minimum Gasteiger partial charge on any atom is -0.332 e. The van der Waals surface area contributed by atoms with Gasteiger partial charge in [0.25, 0.3) is 5.69 Å². The molecule has 0 aliphatic rings. The first-order chi connectivity index (χ1) is 7.50. The Balaban J connectivity index is 2.83. The number of nitro groups is 1. The van der Waals surface area contributed by atoms with E-state index in [0.29, 0.717) is 6.16 Å². The first-order valence-corrected chi connectivity index (χ1v) is 7.27. The molecule has 0 bridgehead atoms. The number of nitro benzene ring substituents is 1. The molecule has 0 aliphatic carbocycles. The highest BCUT2D eigenvalue weighted by Crippen LogP contribution is 2.50. The lowest BCUT2D eigenvalue weighted by Gasteiger charge is -2.17. The maximum Gasteiger partial charge on any atom is 0.269 e. The average Bonchev–Trinajstić information content (AvgIpc) is 2.29. The Morgan fingerprint density at radius 1 is 1.31 bits per heavy atom. The minimum absolute atomic E-state index is 0.0619. The first kappa shape index (κ1) is 13.3. The smallest absolute Gasteiger partial charge is 0.269 e. The molecule has 0 aromatic heterocycles. The van der Waals surface area contributed by atoms with Crippen LogP contribution in [-0.2, 0) is 27.0 Å². The van der Waals surface area contributed by atoms with Crippen molar-refractivity contribution < 1.29 is 14.0 Å². The highest BCUT2D eigenvalue weighted by atomic mass is 32.5. The van der Waals surface area contributed by atoms with Gasteiger partial charge in [0.1, 0.15) is 0 Å². The summed E-state index contributed by atoms with van der Waals surface area (Å²) in [5, 5.41) is 10.5. The number of hydrogen-bond acceptors (Lipinski definition) is 5. The SMILES string of the molecule is COP(=S)(Cc1ccc([N+](=O)[O-])cc1)OC. The summed E-state index contributed by atoms with van der Waals surface area (Å²) >= 11 is 5.20. The fourth-order valence-electron chi connectivity index (χ4n) is 1.15. The largest absolute Gasteiger partial charge is 0.332 e. The summed E-state index contributed by atoms with van der Waals surface area (Å²) in [6, 6.07) is 6.22. The van der Waals surface area contributed by atoms with E-state index in [-0.39, 0.29) is 5.69 Å².